The minimum Gasteiger partial charge on any atom is -0.380 e. The number of rotatable bonds is 3. The molecule has 1 nitrogen and oxygen atoms in total. The highest BCUT2D eigenvalue weighted by Gasteiger charge is 2.04. The Morgan fingerprint density at radius 2 is 1.89 bits per heavy atom. The predicted octanol–water partition coefficient (Wildman–Crippen LogP) is 5.51. The van der Waals surface area contributed by atoms with Crippen molar-refractivity contribution in [2.75, 3.05) is 5.32 Å². The molecule has 0 aliphatic carbocycles. The van der Waals surface area contributed by atoms with Gasteiger partial charge in [-0.15, -0.1) is 0 Å². The van der Waals surface area contributed by atoms with Crippen LogP contribution in [0.3, 0.4) is 0 Å². The van der Waals surface area contributed by atoms with Crippen LogP contribution in [0.1, 0.15) is 5.56 Å². The van der Waals surface area contributed by atoms with Crippen LogP contribution < -0.4 is 5.32 Å². The average Bonchev–Trinajstić information content (AvgIpc) is 2.35. The van der Waals surface area contributed by atoms with Crippen molar-refractivity contribution in [2.24, 2.45) is 0 Å². The number of halogens is 4. The minimum absolute atomic E-state index is 0.127. The van der Waals surface area contributed by atoms with E-state index in [9.17, 15) is 4.39 Å². The summed E-state index contributed by atoms with van der Waals surface area (Å²) in [6, 6.07) is 10.3. The van der Waals surface area contributed by atoms with Gasteiger partial charge in [-0.3, -0.25) is 0 Å². The molecule has 2 rings (SSSR count). The van der Waals surface area contributed by atoms with E-state index in [1.807, 2.05) is 12.1 Å². The topological polar surface area (TPSA) is 12.0 Å². The number of benzene rings is 2. The molecule has 2 aromatic carbocycles. The monoisotopic (exact) mass is 347 g/mol. The van der Waals surface area contributed by atoms with E-state index in [2.05, 4.69) is 21.2 Å². The third-order valence-corrected chi connectivity index (χ3v) is 4.12. The van der Waals surface area contributed by atoms with Gasteiger partial charge in [-0.2, -0.15) is 0 Å². The summed E-state index contributed by atoms with van der Waals surface area (Å²) < 4.78 is 14.1. The maximum absolute atomic E-state index is 13.3. The second kappa shape index (κ2) is 5.91. The standard InChI is InChI=1S/C13H9BrCl2FN/c14-13-10(16)2-1-3-12(13)18-7-8-4-5-9(15)11(17)6-8/h1-6,18H,7H2. The predicted molar refractivity (Wildman–Crippen MR) is 77.9 cm³/mol. The van der Waals surface area contributed by atoms with Crippen molar-refractivity contribution >= 4 is 44.8 Å². The Bertz CT molecular complexity index is 575. The highest BCUT2D eigenvalue weighted by atomic mass is 79.9. The van der Waals surface area contributed by atoms with E-state index in [1.165, 1.54) is 6.07 Å². The lowest BCUT2D eigenvalue weighted by atomic mass is 10.2. The van der Waals surface area contributed by atoms with Crippen molar-refractivity contribution in [1.82, 2.24) is 0 Å². The molecule has 5 heteroatoms. The fourth-order valence-electron chi connectivity index (χ4n) is 1.49. The molecular weight excluding hydrogens is 340 g/mol. The van der Waals surface area contributed by atoms with Crippen molar-refractivity contribution in [3.05, 3.63) is 62.3 Å². The molecule has 0 bridgehead atoms. The largest absolute Gasteiger partial charge is 0.380 e. The summed E-state index contributed by atoms with van der Waals surface area (Å²) in [6.45, 7) is 0.493. The minimum atomic E-state index is -0.416. The Morgan fingerprint density at radius 1 is 1.11 bits per heavy atom. The van der Waals surface area contributed by atoms with Crippen LogP contribution in [0.15, 0.2) is 40.9 Å². The zero-order valence-electron chi connectivity index (χ0n) is 9.18. The summed E-state index contributed by atoms with van der Waals surface area (Å²) in [5, 5.41) is 3.93. The van der Waals surface area contributed by atoms with Gasteiger partial charge in [0, 0.05) is 6.54 Å². The molecule has 0 radical (unpaired) electrons. The van der Waals surface area contributed by atoms with E-state index in [0.29, 0.717) is 11.6 Å². The lowest BCUT2D eigenvalue weighted by Crippen LogP contribution is -2.00. The van der Waals surface area contributed by atoms with Gasteiger partial charge in [-0.1, -0.05) is 35.3 Å². The molecule has 0 spiro atoms. The van der Waals surface area contributed by atoms with Crippen LogP contribution in [-0.4, -0.2) is 0 Å². The molecule has 0 saturated heterocycles. The first kappa shape index (κ1) is 13.7. The Kier molecular flexibility index (Phi) is 4.49. The van der Waals surface area contributed by atoms with Crippen LogP contribution in [0.25, 0.3) is 0 Å². The van der Waals surface area contributed by atoms with Gasteiger partial charge in [0.2, 0.25) is 0 Å². The molecular formula is C13H9BrCl2FN. The van der Waals surface area contributed by atoms with E-state index in [4.69, 9.17) is 23.2 Å². The summed E-state index contributed by atoms with van der Waals surface area (Å²) in [4.78, 5) is 0. The average molecular weight is 349 g/mol. The van der Waals surface area contributed by atoms with E-state index < -0.39 is 5.82 Å². The molecule has 1 N–H and O–H groups in total. The SMILES string of the molecule is Fc1cc(CNc2cccc(Cl)c2Br)ccc1Cl. The fourth-order valence-corrected chi connectivity index (χ4v) is 2.18. The molecule has 0 aliphatic rings. The Hall–Kier alpha value is -0.770. The van der Waals surface area contributed by atoms with Crippen molar-refractivity contribution in [1.29, 1.82) is 0 Å². The van der Waals surface area contributed by atoms with Gasteiger partial charge in [0.15, 0.2) is 0 Å². The van der Waals surface area contributed by atoms with Gasteiger partial charge in [0.25, 0.3) is 0 Å². The molecule has 0 heterocycles. The molecule has 0 aromatic heterocycles. The van der Waals surface area contributed by atoms with Crippen molar-refractivity contribution < 1.29 is 4.39 Å². The van der Waals surface area contributed by atoms with E-state index in [-0.39, 0.29) is 5.02 Å². The summed E-state index contributed by atoms with van der Waals surface area (Å²) in [7, 11) is 0. The maximum Gasteiger partial charge on any atom is 0.142 e. The fraction of sp³-hybridized carbons (Fsp3) is 0.0769. The molecule has 18 heavy (non-hydrogen) atoms. The molecule has 0 unspecified atom stereocenters. The lowest BCUT2D eigenvalue weighted by Gasteiger charge is -2.10. The van der Waals surface area contributed by atoms with Gasteiger partial charge >= 0.3 is 0 Å². The number of anilines is 1. The summed E-state index contributed by atoms with van der Waals surface area (Å²) >= 11 is 15.0. The lowest BCUT2D eigenvalue weighted by molar-refractivity contribution is 0.626. The van der Waals surface area contributed by atoms with E-state index >= 15 is 0 Å². The Morgan fingerprint density at radius 3 is 2.61 bits per heavy atom. The quantitative estimate of drug-likeness (QED) is 0.771. The number of hydrogen-bond acceptors (Lipinski definition) is 1. The van der Waals surface area contributed by atoms with Gasteiger partial charge in [0.05, 0.1) is 20.2 Å². The van der Waals surface area contributed by atoms with Crippen LogP contribution in [0.4, 0.5) is 10.1 Å². The summed E-state index contributed by atoms with van der Waals surface area (Å²) in [5.74, 6) is -0.416. The number of nitrogens with one attached hydrogen (secondary N) is 1. The zero-order valence-corrected chi connectivity index (χ0v) is 12.3. The van der Waals surface area contributed by atoms with Crippen LogP contribution in [0.2, 0.25) is 10.0 Å². The molecule has 2 aromatic rings. The highest BCUT2D eigenvalue weighted by molar-refractivity contribution is 9.10. The van der Waals surface area contributed by atoms with Gasteiger partial charge in [-0.05, 0) is 45.8 Å². The molecule has 0 atom stereocenters. The second-order valence-electron chi connectivity index (χ2n) is 3.70. The first-order chi connectivity index (χ1) is 8.58. The summed E-state index contributed by atoms with van der Waals surface area (Å²) in [5.41, 5.74) is 1.67. The third kappa shape index (κ3) is 3.16. The first-order valence-corrected chi connectivity index (χ1v) is 6.74. The highest BCUT2D eigenvalue weighted by Crippen LogP contribution is 2.30. The second-order valence-corrected chi connectivity index (χ2v) is 5.31. The third-order valence-electron chi connectivity index (χ3n) is 2.42. The molecule has 0 amide bonds. The van der Waals surface area contributed by atoms with Crippen molar-refractivity contribution in [2.45, 2.75) is 6.54 Å². The van der Waals surface area contributed by atoms with Crippen LogP contribution in [0.5, 0.6) is 0 Å². The van der Waals surface area contributed by atoms with E-state index in [1.54, 1.807) is 18.2 Å². The van der Waals surface area contributed by atoms with Gasteiger partial charge in [0.1, 0.15) is 5.82 Å². The van der Waals surface area contributed by atoms with Crippen LogP contribution >= 0.6 is 39.1 Å². The maximum atomic E-state index is 13.3. The molecule has 94 valence electrons. The van der Waals surface area contributed by atoms with Gasteiger partial charge < -0.3 is 5.32 Å². The van der Waals surface area contributed by atoms with Gasteiger partial charge in [-0.25, -0.2) is 4.39 Å². The zero-order chi connectivity index (χ0) is 13.1. The van der Waals surface area contributed by atoms with Crippen LogP contribution in [-0.2, 0) is 6.54 Å². The molecule has 0 saturated carbocycles. The number of hydrogen-bond donors (Lipinski definition) is 1. The van der Waals surface area contributed by atoms with Crippen molar-refractivity contribution in [3.8, 4) is 0 Å². The molecule has 0 fully saturated rings. The van der Waals surface area contributed by atoms with Crippen LogP contribution in [0, 0.1) is 5.82 Å². The first-order valence-electron chi connectivity index (χ1n) is 5.20. The van der Waals surface area contributed by atoms with E-state index in [0.717, 1.165) is 15.7 Å². The van der Waals surface area contributed by atoms with Crippen molar-refractivity contribution in [3.63, 3.8) is 0 Å². The normalized spacial score (nSPS) is 10.4. The molecule has 0 aliphatic heterocycles. The Labute approximate surface area is 123 Å². The Balaban J connectivity index is 2.11. The smallest absolute Gasteiger partial charge is 0.142 e. The summed E-state index contributed by atoms with van der Waals surface area (Å²) in [6.07, 6.45) is 0.